The maximum atomic E-state index is 6.12. The van der Waals surface area contributed by atoms with Crippen LogP contribution >= 0.6 is 0 Å². The zero-order chi connectivity index (χ0) is 16.0. The number of hydrogen-bond acceptors (Lipinski definition) is 3. The highest BCUT2D eigenvalue weighted by atomic mass is 16.3. The Balaban J connectivity index is 2.06. The van der Waals surface area contributed by atoms with Gasteiger partial charge in [-0.1, -0.05) is 26.0 Å². The van der Waals surface area contributed by atoms with E-state index in [0.717, 1.165) is 38.9 Å². The van der Waals surface area contributed by atoms with Gasteiger partial charge in [0.25, 0.3) is 0 Å². The van der Waals surface area contributed by atoms with E-state index in [1.165, 1.54) is 5.56 Å². The van der Waals surface area contributed by atoms with Crippen LogP contribution in [0.3, 0.4) is 0 Å². The van der Waals surface area contributed by atoms with Crippen molar-refractivity contribution in [3.63, 3.8) is 0 Å². The largest absolute Gasteiger partial charge is 0.454 e. The van der Waals surface area contributed by atoms with Gasteiger partial charge >= 0.3 is 0 Å². The third kappa shape index (κ3) is 2.20. The molecule has 0 aliphatic carbocycles. The Hall–Kier alpha value is -2.68. The molecular weight excluding hydrogens is 284 g/mol. The standard InChI is InChI=1S/C20H18N2O/c1-12(2)14-8-9-21-16(10-14)18-13(3)11-22-19-15-6-4-5-7-17(15)23-20(18)19/h4-12H,1-3H3. The number of hydrogen-bond donors (Lipinski definition) is 0. The van der Waals surface area contributed by atoms with Gasteiger partial charge in [-0.3, -0.25) is 9.97 Å². The van der Waals surface area contributed by atoms with Crippen molar-refractivity contribution in [3.05, 3.63) is 59.9 Å². The van der Waals surface area contributed by atoms with Crippen LogP contribution in [0.5, 0.6) is 0 Å². The highest BCUT2D eigenvalue weighted by Crippen LogP contribution is 2.36. The third-order valence-electron chi connectivity index (χ3n) is 4.28. The fourth-order valence-corrected chi connectivity index (χ4v) is 3.00. The molecule has 0 aliphatic heterocycles. The molecule has 114 valence electrons. The molecule has 3 nitrogen and oxygen atoms in total. The first kappa shape index (κ1) is 13.9. The quantitative estimate of drug-likeness (QED) is 0.492. The van der Waals surface area contributed by atoms with E-state index in [0.29, 0.717) is 5.92 Å². The first-order chi connectivity index (χ1) is 11.1. The molecule has 1 aromatic carbocycles. The number of aromatic nitrogens is 2. The topological polar surface area (TPSA) is 38.9 Å². The Morgan fingerprint density at radius 3 is 2.70 bits per heavy atom. The van der Waals surface area contributed by atoms with Crippen molar-refractivity contribution >= 4 is 22.1 Å². The number of furan rings is 1. The molecule has 3 aromatic heterocycles. The van der Waals surface area contributed by atoms with Crippen LogP contribution < -0.4 is 0 Å². The summed E-state index contributed by atoms with van der Waals surface area (Å²) < 4.78 is 6.12. The predicted octanol–water partition coefficient (Wildman–Crippen LogP) is 5.47. The van der Waals surface area contributed by atoms with Crippen molar-refractivity contribution in [3.8, 4) is 11.3 Å². The van der Waals surface area contributed by atoms with E-state index < -0.39 is 0 Å². The molecule has 0 saturated carbocycles. The third-order valence-corrected chi connectivity index (χ3v) is 4.28. The van der Waals surface area contributed by atoms with Crippen molar-refractivity contribution in [1.29, 1.82) is 0 Å². The minimum atomic E-state index is 0.463. The first-order valence-corrected chi connectivity index (χ1v) is 7.88. The summed E-state index contributed by atoms with van der Waals surface area (Å²) in [4.78, 5) is 9.18. The smallest absolute Gasteiger partial charge is 0.163 e. The van der Waals surface area contributed by atoms with Gasteiger partial charge < -0.3 is 4.42 Å². The predicted molar refractivity (Wildman–Crippen MR) is 93.6 cm³/mol. The lowest BCUT2D eigenvalue weighted by Gasteiger charge is -2.09. The second-order valence-corrected chi connectivity index (χ2v) is 6.22. The maximum Gasteiger partial charge on any atom is 0.163 e. The molecule has 23 heavy (non-hydrogen) atoms. The van der Waals surface area contributed by atoms with Crippen molar-refractivity contribution in [2.45, 2.75) is 26.7 Å². The molecule has 0 fully saturated rings. The van der Waals surface area contributed by atoms with Gasteiger partial charge in [0.1, 0.15) is 11.1 Å². The van der Waals surface area contributed by atoms with Gasteiger partial charge in [0.05, 0.1) is 5.69 Å². The molecule has 0 unspecified atom stereocenters. The van der Waals surface area contributed by atoms with Crippen LogP contribution in [0.2, 0.25) is 0 Å². The number of para-hydroxylation sites is 1. The fourth-order valence-electron chi connectivity index (χ4n) is 3.00. The van der Waals surface area contributed by atoms with E-state index in [4.69, 9.17) is 4.42 Å². The van der Waals surface area contributed by atoms with Crippen molar-refractivity contribution < 1.29 is 4.42 Å². The number of rotatable bonds is 2. The molecule has 4 aromatic rings. The Morgan fingerprint density at radius 2 is 1.87 bits per heavy atom. The van der Waals surface area contributed by atoms with Gasteiger partial charge in [-0.2, -0.15) is 0 Å². The average molecular weight is 302 g/mol. The van der Waals surface area contributed by atoms with E-state index in [9.17, 15) is 0 Å². The summed E-state index contributed by atoms with van der Waals surface area (Å²) in [6.07, 6.45) is 3.78. The summed E-state index contributed by atoms with van der Waals surface area (Å²) in [6.45, 7) is 6.43. The zero-order valence-corrected chi connectivity index (χ0v) is 13.5. The van der Waals surface area contributed by atoms with Crippen LogP contribution in [0.25, 0.3) is 33.3 Å². The maximum absolute atomic E-state index is 6.12. The molecule has 3 heterocycles. The Bertz CT molecular complexity index is 1010. The minimum absolute atomic E-state index is 0.463. The van der Waals surface area contributed by atoms with Crippen LogP contribution in [-0.2, 0) is 0 Å². The van der Waals surface area contributed by atoms with E-state index in [-0.39, 0.29) is 0 Å². The summed E-state index contributed by atoms with van der Waals surface area (Å²) in [7, 11) is 0. The number of pyridine rings is 2. The van der Waals surface area contributed by atoms with Crippen LogP contribution in [0, 0.1) is 6.92 Å². The molecule has 0 amide bonds. The Kier molecular flexibility index (Phi) is 3.15. The molecule has 0 saturated heterocycles. The number of benzene rings is 1. The summed E-state index contributed by atoms with van der Waals surface area (Å²) in [5.41, 5.74) is 6.91. The first-order valence-electron chi connectivity index (χ1n) is 7.88. The van der Waals surface area contributed by atoms with E-state index in [2.05, 4.69) is 42.9 Å². The molecule has 0 spiro atoms. The summed E-state index contributed by atoms with van der Waals surface area (Å²) in [6, 6.07) is 12.2. The van der Waals surface area contributed by atoms with Gasteiger partial charge in [0.2, 0.25) is 0 Å². The van der Waals surface area contributed by atoms with E-state index in [1.54, 1.807) is 0 Å². The van der Waals surface area contributed by atoms with Gasteiger partial charge in [0, 0.05) is 23.3 Å². The molecular formula is C20H18N2O. The fraction of sp³-hybridized carbons (Fsp3) is 0.200. The number of fused-ring (bicyclic) bond motifs is 3. The van der Waals surface area contributed by atoms with Crippen LogP contribution in [0.1, 0.15) is 30.9 Å². The van der Waals surface area contributed by atoms with Crippen LogP contribution in [0.4, 0.5) is 0 Å². The minimum Gasteiger partial charge on any atom is -0.454 e. The number of nitrogens with zero attached hydrogens (tertiary/aromatic N) is 2. The molecule has 0 bridgehead atoms. The second kappa shape index (κ2) is 5.20. The summed E-state index contributed by atoms with van der Waals surface area (Å²) in [5.74, 6) is 0.463. The molecule has 0 N–H and O–H groups in total. The van der Waals surface area contributed by atoms with Gasteiger partial charge in [0.15, 0.2) is 5.58 Å². The van der Waals surface area contributed by atoms with Crippen LogP contribution in [0.15, 0.2) is 53.2 Å². The van der Waals surface area contributed by atoms with E-state index >= 15 is 0 Å². The number of aryl methyl sites for hydroxylation is 1. The van der Waals surface area contributed by atoms with Gasteiger partial charge in [-0.05, 0) is 48.2 Å². The monoisotopic (exact) mass is 302 g/mol. The van der Waals surface area contributed by atoms with Crippen molar-refractivity contribution in [2.24, 2.45) is 0 Å². The summed E-state index contributed by atoms with van der Waals surface area (Å²) in [5, 5.41) is 1.05. The normalized spacial score (nSPS) is 11.7. The molecule has 0 aliphatic rings. The molecule has 0 radical (unpaired) electrons. The Morgan fingerprint density at radius 1 is 1.04 bits per heavy atom. The second-order valence-electron chi connectivity index (χ2n) is 6.22. The van der Waals surface area contributed by atoms with Crippen molar-refractivity contribution in [1.82, 2.24) is 9.97 Å². The van der Waals surface area contributed by atoms with Crippen molar-refractivity contribution in [2.75, 3.05) is 0 Å². The highest BCUT2D eigenvalue weighted by molar-refractivity contribution is 6.07. The van der Waals surface area contributed by atoms with Crippen LogP contribution in [-0.4, -0.2) is 9.97 Å². The molecule has 3 heteroatoms. The molecule has 0 atom stereocenters. The lowest BCUT2D eigenvalue weighted by molar-refractivity contribution is 0.668. The molecule has 4 rings (SSSR count). The lowest BCUT2D eigenvalue weighted by atomic mass is 9.99. The SMILES string of the molecule is Cc1cnc2c(oc3ccccc32)c1-c1cc(C(C)C)ccn1. The lowest BCUT2D eigenvalue weighted by Crippen LogP contribution is -1.93. The summed E-state index contributed by atoms with van der Waals surface area (Å²) >= 11 is 0. The zero-order valence-electron chi connectivity index (χ0n) is 13.5. The average Bonchev–Trinajstić information content (AvgIpc) is 2.93. The van der Waals surface area contributed by atoms with E-state index in [1.807, 2.05) is 36.7 Å². The highest BCUT2D eigenvalue weighted by Gasteiger charge is 2.17. The Labute approximate surface area is 135 Å². The van der Waals surface area contributed by atoms with Gasteiger partial charge in [-0.15, -0.1) is 0 Å². The van der Waals surface area contributed by atoms with Gasteiger partial charge in [-0.25, -0.2) is 0 Å².